The minimum Gasteiger partial charge on any atom is -0.438 e. The molecule has 1 heterocycles. The van der Waals surface area contributed by atoms with E-state index >= 15 is 0 Å². The first-order valence-electron chi connectivity index (χ1n) is 5.51. The summed E-state index contributed by atoms with van der Waals surface area (Å²) in [6.07, 6.45) is 0. The zero-order chi connectivity index (χ0) is 14.7. The van der Waals surface area contributed by atoms with Crippen LogP contribution in [0.1, 0.15) is 11.3 Å². The summed E-state index contributed by atoms with van der Waals surface area (Å²) in [5, 5.41) is 19.6. The van der Waals surface area contributed by atoms with Gasteiger partial charge in [-0.3, -0.25) is 10.1 Å². The highest BCUT2D eigenvalue weighted by Gasteiger charge is 2.16. The SMILES string of the molecule is Cc1cc(Cl)c([N+](=O)[O-])cc1Oc1cccc(C#N)n1. The molecule has 0 unspecified atom stereocenters. The van der Waals surface area contributed by atoms with Crippen LogP contribution in [-0.2, 0) is 0 Å². The van der Waals surface area contributed by atoms with Crippen molar-refractivity contribution in [2.75, 3.05) is 0 Å². The van der Waals surface area contributed by atoms with Crippen molar-refractivity contribution in [3.05, 3.63) is 56.7 Å². The van der Waals surface area contributed by atoms with Crippen LogP contribution in [0.15, 0.2) is 30.3 Å². The Balaban J connectivity index is 2.40. The van der Waals surface area contributed by atoms with Gasteiger partial charge in [-0.15, -0.1) is 0 Å². The molecule has 2 aromatic rings. The summed E-state index contributed by atoms with van der Waals surface area (Å²) in [4.78, 5) is 14.2. The third-order valence-electron chi connectivity index (χ3n) is 2.49. The molecule has 20 heavy (non-hydrogen) atoms. The van der Waals surface area contributed by atoms with E-state index in [1.165, 1.54) is 18.2 Å². The van der Waals surface area contributed by atoms with Crippen molar-refractivity contribution >= 4 is 17.3 Å². The first-order valence-corrected chi connectivity index (χ1v) is 5.88. The lowest BCUT2D eigenvalue weighted by atomic mass is 10.2. The van der Waals surface area contributed by atoms with Gasteiger partial charge in [0.15, 0.2) is 0 Å². The molecule has 6 nitrogen and oxygen atoms in total. The molecule has 0 aliphatic heterocycles. The highest BCUT2D eigenvalue weighted by Crippen LogP contribution is 2.33. The van der Waals surface area contributed by atoms with Gasteiger partial charge in [0.05, 0.1) is 11.0 Å². The first-order chi connectivity index (χ1) is 9.51. The molecule has 0 atom stereocenters. The van der Waals surface area contributed by atoms with Crippen LogP contribution in [0, 0.1) is 28.4 Å². The fourth-order valence-corrected chi connectivity index (χ4v) is 1.83. The topological polar surface area (TPSA) is 89.0 Å². The summed E-state index contributed by atoms with van der Waals surface area (Å²) in [6.45, 7) is 1.71. The number of nitro benzene ring substituents is 1. The van der Waals surface area contributed by atoms with E-state index in [0.717, 1.165) is 0 Å². The summed E-state index contributed by atoms with van der Waals surface area (Å²) in [7, 11) is 0. The van der Waals surface area contributed by atoms with Crippen LogP contribution in [0.25, 0.3) is 0 Å². The Morgan fingerprint density at radius 2 is 2.20 bits per heavy atom. The first kappa shape index (κ1) is 13.8. The van der Waals surface area contributed by atoms with Crippen molar-refractivity contribution in [3.63, 3.8) is 0 Å². The molecule has 0 radical (unpaired) electrons. The smallest absolute Gasteiger partial charge is 0.291 e. The van der Waals surface area contributed by atoms with E-state index in [9.17, 15) is 10.1 Å². The van der Waals surface area contributed by atoms with E-state index < -0.39 is 4.92 Å². The molecule has 0 bridgehead atoms. The number of ether oxygens (including phenoxy) is 1. The minimum atomic E-state index is -0.590. The summed E-state index contributed by atoms with van der Waals surface area (Å²) in [6, 6.07) is 9.27. The Labute approximate surface area is 119 Å². The quantitative estimate of drug-likeness (QED) is 0.636. The van der Waals surface area contributed by atoms with Crippen LogP contribution in [0.2, 0.25) is 5.02 Å². The van der Waals surface area contributed by atoms with Crippen molar-refractivity contribution in [3.8, 4) is 17.7 Å². The monoisotopic (exact) mass is 289 g/mol. The average Bonchev–Trinajstić information content (AvgIpc) is 2.41. The number of benzene rings is 1. The maximum absolute atomic E-state index is 10.8. The van der Waals surface area contributed by atoms with Gasteiger partial charge in [-0.1, -0.05) is 17.7 Å². The van der Waals surface area contributed by atoms with Gasteiger partial charge in [0.25, 0.3) is 5.69 Å². The lowest BCUT2D eigenvalue weighted by Crippen LogP contribution is -1.95. The van der Waals surface area contributed by atoms with E-state index in [-0.39, 0.29) is 28.0 Å². The number of nitro groups is 1. The van der Waals surface area contributed by atoms with Gasteiger partial charge in [-0.25, -0.2) is 4.98 Å². The van der Waals surface area contributed by atoms with Crippen molar-refractivity contribution < 1.29 is 9.66 Å². The molecule has 0 aliphatic rings. The van der Waals surface area contributed by atoms with Crippen LogP contribution in [0.4, 0.5) is 5.69 Å². The maximum Gasteiger partial charge on any atom is 0.291 e. The van der Waals surface area contributed by atoms with E-state index in [0.29, 0.717) is 5.56 Å². The number of rotatable bonds is 3. The molecule has 7 heteroatoms. The fourth-order valence-electron chi connectivity index (χ4n) is 1.54. The van der Waals surface area contributed by atoms with Gasteiger partial charge >= 0.3 is 0 Å². The van der Waals surface area contributed by atoms with E-state index in [2.05, 4.69) is 4.98 Å². The molecular weight excluding hydrogens is 282 g/mol. The number of halogens is 1. The van der Waals surface area contributed by atoms with Gasteiger partial charge in [0, 0.05) is 6.07 Å². The van der Waals surface area contributed by atoms with Crippen molar-refractivity contribution in [1.82, 2.24) is 4.98 Å². The molecule has 2 rings (SSSR count). The summed E-state index contributed by atoms with van der Waals surface area (Å²) >= 11 is 5.79. The zero-order valence-electron chi connectivity index (χ0n) is 10.3. The highest BCUT2D eigenvalue weighted by molar-refractivity contribution is 6.32. The van der Waals surface area contributed by atoms with Crippen molar-refractivity contribution in [2.45, 2.75) is 6.92 Å². The maximum atomic E-state index is 10.8. The van der Waals surface area contributed by atoms with Gasteiger partial charge < -0.3 is 4.74 Å². The zero-order valence-corrected chi connectivity index (χ0v) is 11.1. The lowest BCUT2D eigenvalue weighted by molar-refractivity contribution is -0.384. The Kier molecular flexibility index (Phi) is 3.82. The molecule has 100 valence electrons. The second-order valence-corrected chi connectivity index (χ2v) is 4.31. The van der Waals surface area contributed by atoms with Gasteiger partial charge in [-0.2, -0.15) is 5.26 Å². The van der Waals surface area contributed by atoms with E-state index in [4.69, 9.17) is 21.6 Å². The number of nitrogens with zero attached hydrogens (tertiary/aromatic N) is 3. The normalized spacial score (nSPS) is 9.85. The van der Waals surface area contributed by atoms with Crippen LogP contribution >= 0.6 is 11.6 Å². The molecule has 0 fully saturated rings. The van der Waals surface area contributed by atoms with Crippen molar-refractivity contribution in [1.29, 1.82) is 5.26 Å². The molecule has 0 spiro atoms. The molecule has 0 aliphatic carbocycles. The highest BCUT2D eigenvalue weighted by atomic mass is 35.5. The van der Waals surface area contributed by atoms with Crippen LogP contribution in [0.5, 0.6) is 11.6 Å². The number of aryl methyl sites for hydroxylation is 1. The van der Waals surface area contributed by atoms with Gasteiger partial charge in [-0.05, 0) is 24.6 Å². The predicted molar refractivity (Wildman–Crippen MR) is 71.9 cm³/mol. The minimum absolute atomic E-state index is 0.0404. The second-order valence-electron chi connectivity index (χ2n) is 3.90. The molecular formula is C13H8ClN3O3. The number of nitriles is 1. The lowest BCUT2D eigenvalue weighted by Gasteiger charge is -2.08. The van der Waals surface area contributed by atoms with E-state index in [1.54, 1.807) is 19.1 Å². The van der Waals surface area contributed by atoms with Crippen molar-refractivity contribution in [2.24, 2.45) is 0 Å². The Morgan fingerprint density at radius 3 is 2.85 bits per heavy atom. The Bertz CT molecular complexity index is 725. The summed E-state index contributed by atoms with van der Waals surface area (Å²) < 4.78 is 5.47. The molecule has 0 saturated carbocycles. The molecule has 0 N–H and O–H groups in total. The van der Waals surface area contributed by atoms with Crippen LogP contribution in [-0.4, -0.2) is 9.91 Å². The number of hydrogen-bond acceptors (Lipinski definition) is 5. The number of pyridine rings is 1. The number of aromatic nitrogens is 1. The predicted octanol–water partition coefficient (Wildman–Crippen LogP) is 3.62. The second kappa shape index (κ2) is 5.55. The standard InChI is InChI=1S/C13H8ClN3O3/c1-8-5-10(14)11(17(18)19)6-12(8)20-13-4-2-3-9(7-15)16-13/h2-6H,1H3. The summed E-state index contributed by atoms with van der Waals surface area (Å²) in [5.41, 5.74) is 0.581. The molecule has 0 amide bonds. The van der Waals surface area contributed by atoms with Gasteiger partial charge in [0.1, 0.15) is 22.5 Å². The Hall–Kier alpha value is -2.65. The van der Waals surface area contributed by atoms with Crippen LogP contribution in [0.3, 0.4) is 0 Å². The average molecular weight is 290 g/mol. The number of hydrogen-bond donors (Lipinski definition) is 0. The third kappa shape index (κ3) is 2.84. The molecule has 0 saturated heterocycles. The third-order valence-corrected chi connectivity index (χ3v) is 2.80. The largest absolute Gasteiger partial charge is 0.438 e. The Morgan fingerprint density at radius 1 is 1.45 bits per heavy atom. The van der Waals surface area contributed by atoms with Crippen LogP contribution < -0.4 is 4.74 Å². The summed E-state index contributed by atoms with van der Waals surface area (Å²) in [5.74, 6) is 0.451. The fraction of sp³-hybridized carbons (Fsp3) is 0.0769. The molecule has 1 aromatic heterocycles. The molecule has 1 aromatic carbocycles. The van der Waals surface area contributed by atoms with E-state index in [1.807, 2.05) is 6.07 Å². The van der Waals surface area contributed by atoms with Gasteiger partial charge in [0.2, 0.25) is 5.88 Å².